The van der Waals surface area contributed by atoms with Gasteiger partial charge in [-0.05, 0) is 31.5 Å². The van der Waals surface area contributed by atoms with E-state index in [1.807, 2.05) is 68.4 Å². The second-order valence-corrected chi connectivity index (χ2v) is 5.39. The molecule has 0 saturated carbocycles. The zero-order valence-electron chi connectivity index (χ0n) is 13.7. The monoisotopic (exact) mass is 321 g/mol. The van der Waals surface area contributed by atoms with E-state index >= 15 is 0 Å². The summed E-state index contributed by atoms with van der Waals surface area (Å²) in [6.07, 6.45) is 0. The van der Waals surface area contributed by atoms with Gasteiger partial charge in [0.25, 0.3) is 5.95 Å². The molecule has 0 saturated heterocycles. The van der Waals surface area contributed by atoms with Crippen molar-refractivity contribution in [1.82, 2.24) is 14.5 Å². The molecule has 3 aromatic rings. The third-order valence-electron chi connectivity index (χ3n) is 3.84. The van der Waals surface area contributed by atoms with Crippen molar-refractivity contribution in [3.05, 3.63) is 70.6 Å². The second-order valence-electron chi connectivity index (χ2n) is 5.39. The van der Waals surface area contributed by atoms with E-state index in [0.29, 0.717) is 18.1 Å². The molecule has 0 bridgehead atoms. The summed E-state index contributed by atoms with van der Waals surface area (Å²) in [5.74, 6) is 6.86. The highest BCUT2D eigenvalue weighted by Gasteiger charge is 2.16. The predicted molar refractivity (Wildman–Crippen MR) is 94.9 cm³/mol. The van der Waals surface area contributed by atoms with Crippen molar-refractivity contribution >= 4 is 11.6 Å². The molecule has 0 radical (unpaired) electrons. The van der Waals surface area contributed by atoms with E-state index in [0.717, 1.165) is 11.1 Å². The molecule has 0 aliphatic carbocycles. The van der Waals surface area contributed by atoms with Crippen LogP contribution in [-0.4, -0.2) is 14.5 Å². The minimum absolute atomic E-state index is 0.175. The number of nitrogens with zero attached hydrogens (tertiary/aromatic N) is 4. The minimum Gasteiger partial charge on any atom is -0.276 e. The van der Waals surface area contributed by atoms with E-state index in [-0.39, 0.29) is 11.6 Å². The molecule has 0 aliphatic rings. The van der Waals surface area contributed by atoms with Crippen molar-refractivity contribution in [2.45, 2.75) is 20.4 Å². The van der Waals surface area contributed by atoms with E-state index in [1.54, 1.807) is 4.57 Å². The van der Waals surface area contributed by atoms with E-state index in [4.69, 9.17) is 5.84 Å². The fraction of sp³-hybridized carbons (Fsp3) is 0.167. The molecule has 2 N–H and O–H groups in total. The Hall–Kier alpha value is -2.99. The van der Waals surface area contributed by atoms with Crippen LogP contribution in [0, 0.1) is 6.92 Å². The Morgan fingerprint density at radius 1 is 1.04 bits per heavy atom. The van der Waals surface area contributed by atoms with Crippen LogP contribution in [0.5, 0.6) is 0 Å². The third-order valence-corrected chi connectivity index (χ3v) is 3.84. The Kier molecular flexibility index (Phi) is 4.39. The van der Waals surface area contributed by atoms with E-state index in [9.17, 15) is 4.79 Å². The standard InChI is InChI=1S/C18H19N5O/c1-3-22-16(15-12-8-7-9-13(15)2)20-17(21-18(22)24)23(19)14-10-5-4-6-11-14/h4-12H,3,19H2,1-2H3. The van der Waals surface area contributed by atoms with Gasteiger partial charge < -0.3 is 0 Å². The summed E-state index contributed by atoms with van der Waals surface area (Å²) in [6, 6.07) is 17.1. The van der Waals surface area contributed by atoms with Gasteiger partial charge in [0.1, 0.15) is 5.82 Å². The number of hydrogen-bond donors (Lipinski definition) is 1. The van der Waals surface area contributed by atoms with Crippen molar-refractivity contribution in [2.75, 3.05) is 5.01 Å². The molecule has 122 valence electrons. The number of aryl methyl sites for hydroxylation is 1. The summed E-state index contributed by atoms with van der Waals surface area (Å²) in [7, 11) is 0. The van der Waals surface area contributed by atoms with Crippen LogP contribution < -0.4 is 16.5 Å². The lowest BCUT2D eigenvalue weighted by Gasteiger charge is -2.19. The van der Waals surface area contributed by atoms with Gasteiger partial charge >= 0.3 is 5.69 Å². The molecular weight excluding hydrogens is 302 g/mol. The highest BCUT2D eigenvalue weighted by atomic mass is 16.1. The van der Waals surface area contributed by atoms with Crippen molar-refractivity contribution in [3.8, 4) is 11.4 Å². The molecule has 0 amide bonds. The topological polar surface area (TPSA) is 77.0 Å². The third kappa shape index (κ3) is 2.91. The van der Waals surface area contributed by atoms with Gasteiger partial charge in [-0.2, -0.15) is 9.97 Å². The molecule has 0 fully saturated rings. The average Bonchev–Trinajstić information content (AvgIpc) is 2.61. The molecule has 3 rings (SSSR count). The lowest BCUT2D eigenvalue weighted by molar-refractivity contribution is 0.681. The number of nitrogens with two attached hydrogens (primary N) is 1. The predicted octanol–water partition coefficient (Wildman–Crippen LogP) is 2.65. The first-order chi connectivity index (χ1) is 11.6. The Balaban J connectivity index is 2.18. The maximum absolute atomic E-state index is 12.4. The average molecular weight is 321 g/mol. The maximum Gasteiger partial charge on any atom is 0.352 e. The highest BCUT2D eigenvalue weighted by Crippen LogP contribution is 2.23. The van der Waals surface area contributed by atoms with Crippen molar-refractivity contribution in [2.24, 2.45) is 5.84 Å². The summed E-state index contributed by atoms with van der Waals surface area (Å²) < 4.78 is 1.55. The molecule has 0 unspecified atom stereocenters. The molecular formula is C18H19N5O. The SMILES string of the molecule is CCn1c(-c2ccccc2C)nc(N(N)c2ccccc2)nc1=O. The highest BCUT2D eigenvalue weighted by molar-refractivity contribution is 5.63. The second kappa shape index (κ2) is 6.64. The fourth-order valence-electron chi connectivity index (χ4n) is 2.54. The molecule has 2 aromatic carbocycles. The molecule has 0 aliphatic heterocycles. The Morgan fingerprint density at radius 3 is 2.38 bits per heavy atom. The number of benzene rings is 2. The molecule has 6 nitrogen and oxygen atoms in total. The number of hydrogen-bond acceptors (Lipinski definition) is 5. The van der Waals surface area contributed by atoms with Gasteiger partial charge in [0.15, 0.2) is 0 Å². The van der Waals surface area contributed by atoms with Gasteiger partial charge in [0, 0.05) is 12.1 Å². The minimum atomic E-state index is -0.368. The van der Waals surface area contributed by atoms with Crippen LogP contribution in [0.2, 0.25) is 0 Å². The van der Waals surface area contributed by atoms with Gasteiger partial charge in [0.2, 0.25) is 0 Å². The zero-order valence-corrected chi connectivity index (χ0v) is 13.7. The molecule has 0 spiro atoms. The summed E-state index contributed by atoms with van der Waals surface area (Å²) in [4.78, 5) is 21.0. The molecule has 1 aromatic heterocycles. The van der Waals surface area contributed by atoms with Gasteiger partial charge in [-0.25, -0.2) is 15.6 Å². The van der Waals surface area contributed by atoms with Crippen LogP contribution in [0.25, 0.3) is 11.4 Å². The van der Waals surface area contributed by atoms with E-state index < -0.39 is 0 Å². The number of para-hydroxylation sites is 1. The Morgan fingerprint density at radius 2 is 1.71 bits per heavy atom. The summed E-state index contributed by atoms with van der Waals surface area (Å²) >= 11 is 0. The summed E-state index contributed by atoms with van der Waals surface area (Å²) in [5.41, 5.74) is 2.27. The Bertz CT molecular complexity index is 905. The number of aromatic nitrogens is 3. The van der Waals surface area contributed by atoms with Crippen molar-refractivity contribution in [1.29, 1.82) is 0 Å². The normalized spacial score (nSPS) is 10.6. The molecule has 1 heterocycles. The zero-order chi connectivity index (χ0) is 17.1. The van der Waals surface area contributed by atoms with Crippen LogP contribution in [-0.2, 0) is 6.54 Å². The maximum atomic E-state index is 12.4. The summed E-state index contributed by atoms with van der Waals surface area (Å²) in [6.45, 7) is 4.36. The lowest BCUT2D eigenvalue weighted by atomic mass is 10.1. The van der Waals surface area contributed by atoms with Crippen LogP contribution in [0.3, 0.4) is 0 Å². The van der Waals surface area contributed by atoms with Crippen molar-refractivity contribution in [3.63, 3.8) is 0 Å². The first kappa shape index (κ1) is 15.9. The smallest absolute Gasteiger partial charge is 0.276 e. The molecule has 24 heavy (non-hydrogen) atoms. The van der Waals surface area contributed by atoms with Gasteiger partial charge in [0.05, 0.1) is 5.69 Å². The van der Waals surface area contributed by atoms with Gasteiger partial charge in [-0.3, -0.25) is 4.57 Å². The van der Waals surface area contributed by atoms with Crippen LogP contribution >= 0.6 is 0 Å². The van der Waals surface area contributed by atoms with Gasteiger partial charge in [-0.15, -0.1) is 0 Å². The molecule has 6 heteroatoms. The van der Waals surface area contributed by atoms with Crippen molar-refractivity contribution < 1.29 is 0 Å². The largest absolute Gasteiger partial charge is 0.352 e. The Labute approximate surface area is 140 Å². The van der Waals surface area contributed by atoms with E-state index in [2.05, 4.69) is 9.97 Å². The first-order valence-electron chi connectivity index (χ1n) is 7.76. The van der Waals surface area contributed by atoms with Crippen LogP contribution in [0.4, 0.5) is 11.6 Å². The van der Waals surface area contributed by atoms with Crippen LogP contribution in [0.1, 0.15) is 12.5 Å². The fourth-order valence-corrected chi connectivity index (χ4v) is 2.54. The van der Waals surface area contributed by atoms with Crippen LogP contribution in [0.15, 0.2) is 59.4 Å². The first-order valence-corrected chi connectivity index (χ1v) is 7.76. The van der Waals surface area contributed by atoms with Gasteiger partial charge in [-0.1, -0.05) is 42.5 Å². The van der Waals surface area contributed by atoms with E-state index in [1.165, 1.54) is 5.01 Å². The summed E-state index contributed by atoms with van der Waals surface area (Å²) in [5, 5.41) is 1.32. The quantitative estimate of drug-likeness (QED) is 0.590. The lowest BCUT2D eigenvalue weighted by Crippen LogP contribution is -2.33. The molecule has 0 atom stereocenters. The number of anilines is 2. The number of hydrazine groups is 1. The number of rotatable bonds is 4.